The lowest BCUT2D eigenvalue weighted by Crippen LogP contribution is -2.34. The van der Waals surface area contributed by atoms with Gasteiger partial charge in [-0.3, -0.25) is 0 Å². The van der Waals surface area contributed by atoms with E-state index in [1.54, 1.807) is 0 Å². The molecule has 0 aromatic carbocycles. The zero-order chi connectivity index (χ0) is 46.2. The zero-order valence-electron chi connectivity index (χ0n) is 46.2. The Hall–Kier alpha value is 0. The first-order valence-corrected chi connectivity index (χ1v) is 28.8. The summed E-state index contributed by atoms with van der Waals surface area (Å²) in [6.07, 6.45) is 39.5. The van der Waals surface area contributed by atoms with Crippen LogP contribution in [0.25, 0.3) is 0 Å². The Balaban J connectivity index is 0.000000369. The second-order valence-electron chi connectivity index (χ2n) is 25.4. The Morgan fingerprint density at radius 1 is 0.426 bits per heavy atom. The van der Waals surface area contributed by atoms with E-state index < -0.39 is 0 Å². The molecule has 0 bridgehead atoms. The van der Waals surface area contributed by atoms with Gasteiger partial charge in [0.2, 0.25) is 0 Å². The molecule has 12 atom stereocenters. The molecule has 0 spiro atoms. The monoisotopic (exact) mass is 855 g/mol. The fraction of sp³-hybridized carbons (Fsp3) is 1.00. The second kappa shape index (κ2) is 31.8. The highest BCUT2D eigenvalue weighted by Gasteiger charge is 2.38. The zero-order valence-corrected chi connectivity index (χ0v) is 46.2. The van der Waals surface area contributed by atoms with Gasteiger partial charge in [0.05, 0.1) is 0 Å². The molecule has 0 aromatic heterocycles. The lowest BCUT2D eigenvalue weighted by molar-refractivity contribution is 0.0581. The molecule has 0 heterocycles. The molecular formula is C61H122. The SMILES string of the molecule is CC1CCC(C)CC1.CC1CCCCC1C.CCC1(C)CC(C)CC(C)(C)C1.CCC1CC(C(C)C)CC(C)C1C.CCC1CCCC(CC)C1.CCC1CCCCC1CC. The summed E-state index contributed by atoms with van der Waals surface area (Å²) in [6, 6.07) is 0. The topological polar surface area (TPSA) is 0 Å². The first-order valence-electron chi connectivity index (χ1n) is 28.8. The second-order valence-corrected chi connectivity index (χ2v) is 25.4. The Morgan fingerprint density at radius 3 is 1.23 bits per heavy atom. The molecule has 366 valence electrons. The molecule has 6 aliphatic rings. The Kier molecular flexibility index (Phi) is 30.8. The van der Waals surface area contributed by atoms with Gasteiger partial charge in [-0.05, 0) is 132 Å². The van der Waals surface area contributed by atoms with Crippen LogP contribution in [-0.4, -0.2) is 0 Å². The van der Waals surface area contributed by atoms with Crippen LogP contribution in [0.15, 0.2) is 0 Å². The van der Waals surface area contributed by atoms with E-state index in [1.807, 2.05) is 0 Å². The number of rotatable bonds is 7. The minimum Gasteiger partial charge on any atom is -0.0651 e. The summed E-state index contributed by atoms with van der Waals surface area (Å²) in [7, 11) is 0. The third-order valence-corrected chi connectivity index (χ3v) is 18.9. The van der Waals surface area contributed by atoms with E-state index >= 15 is 0 Å². The maximum atomic E-state index is 2.46. The normalized spacial score (nSPS) is 38.5. The van der Waals surface area contributed by atoms with Crippen molar-refractivity contribution in [3.05, 3.63) is 0 Å². The maximum absolute atomic E-state index is 2.46. The molecular weight excluding hydrogens is 733 g/mol. The van der Waals surface area contributed by atoms with Crippen molar-refractivity contribution in [1.82, 2.24) is 0 Å². The van der Waals surface area contributed by atoms with Gasteiger partial charge in [0.15, 0.2) is 0 Å². The lowest BCUT2D eigenvalue weighted by Gasteiger charge is -2.45. The van der Waals surface area contributed by atoms with Crippen molar-refractivity contribution in [3.8, 4) is 0 Å². The molecule has 6 aliphatic carbocycles. The molecule has 0 aromatic rings. The molecule has 61 heavy (non-hydrogen) atoms. The van der Waals surface area contributed by atoms with Crippen LogP contribution < -0.4 is 0 Å². The summed E-state index contributed by atoms with van der Waals surface area (Å²) in [4.78, 5) is 0. The van der Waals surface area contributed by atoms with Crippen LogP contribution in [0.3, 0.4) is 0 Å². The molecule has 12 unspecified atom stereocenters. The fourth-order valence-electron chi connectivity index (χ4n) is 13.8. The van der Waals surface area contributed by atoms with Gasteiger partial charge in [0.1, 0.15) is 0 Å². The van der Waals surface area contributed by atoms with Crippen molar-refractivity contribution in [2.45, 2.75) is 298 Å². The molecule has 0 radical (unpaired) electrons. The average molecular weight is 856 g/mol. The third-order valence-electron chi connectivity index (χ3n) is 18.9. The van der Waals surface area contributed by atoms with Gasteiger partial charge in [-0.15, -0.1) is 0 Å². The van der Waals surface area contributed by atoms with Gasteiger partial charge < -0.3 is 0 Å². The summed E-state index contributed by atoms with van der Waals surface area (Å²) >= 11 is 0. The Morgan fingerprint density at radius 2 is 0.869 bits per heavy atom. The van der Waals surface area contributed by atoms with Crippen LogP contribution in [0.2, 0.25) is 0 Å². The van der Waals surface area contributed by atoms with E-state index in [0.717, 1.165) is 82.9 Å². The van der Waals surface area contributed by atoms with Gasteiger partial charge in [-0.25, -0.2) is 0 Å². The highest BCUT2D eigenvalue weighted by molar-refractivity contribution is 4.89. The minimum atomic E-state index is 0.586. The van der Waals surface area contributed by atoms with E-state index in [9.17, 15) is 0 Å². The van der Waals surface area contributed by atoms with E-state index in [2.05, 4.69) is 125 Å². The van der Waals surface area contributed by atoms with Crippen LogP contribution in [0, 0.1) is 93.7 Å². The van der Waals surface area contributed by atoms with Crippen molar-refractivity contribution in [1.29, 1.82) is 0 Å². The van der Waals surface area contributed by atoms with Gasteiger partial charge in [-0.1, -0.05) is 259 Å². The predicted molar refractivity (Wildman–Crippen MR) is 281 cm³/mol. The van der Waals surface area contributed by atoms with Crippen LogP contribution >= 0.6 is 0 Å². The standard InChI is InChI=1S/C13H26.C12H24.2C10H20.2C8H16/c1-6-12-8-13(9(2)3)7-10(4)11(12)5;1-6-12(5)8-10(2)7-11(3,4)9-12;1-3-9-6-5-7-10(4-2)8-9;1-3-9-7-5-6-8-10(9)4-2;1-7-3-5-8(2)6-4-7;1-7-5-3-4-6-8(7)2/h9-13H,6-8H2,1-5H3;10H,6-9H2,1-5H3;2*9-10H,3-8H2,1-2H3;2*7-8H,3-6H2,1-2H3. The quantitative estimate of drug-likeness (QED) is 0.239. The van der Waals surface area contributed by atoms with E-state index in [-0.39, 0.29) is 0 Å². The fourth-order valence-corrected chi connectivity index (χ4v) is 13.8. The molecule has 0 aliphatic heterocycles. The van der Waals surface area contributed by atoms with E-state index in [1.165, 1.54) is 173 Å². The Bertz CT molecular complexity index is 971. The highest BCUT2D eigenvalue weighted by atomic mass is 14.4. The van der Waals surface area contributed by atoms with E-state index in [4.69, 9.17) is 0 Å². The number of hydrogen-bond acceptors (Lipinski definition) is 0. The van der Waals surface area contributed by atoms with Gasteiger partial charge >= 0.3 is 0 Å². The summed E-state index contributed by atoms with van der Waals surface area (Å²) in [5.41, 5.74) is 1.21. The molecule has 6 saturated carbocycles. The Labute approximate surface area is 390 Å². The van der Waals surface area contributed by atoms with Crippen LogP contribution in [0.4, 0.5) is 0 Å². The average Bonchev–Trinajstić information content (AvgIpc) is 3.24. The molecule has 0 saturated heterocycles. The van der Waals surface area contributed by atoms with Gasteiger partial charge in [0, 0.05) is 0 Å². The molecule has 0 amide bonds. The van der Waals surface area contributed by atoms with Crippen molar-refractivity contribution in [2.75, 3.05) is 0 Å². The predicted octanol–water partition coefficient (Wildman–Crippen LogP) is 21.5. The molecule has 0 N–H and O–H groups in total. The largest absolute Gasteiger partial charge is 0.0651 e. The minimum absolute atomic E-state index is 0.586. The summed E-state index contributed by atoms with van der Waals surface area (Å²) in [5, 5.41) is 0. The summed E-state index contributed by atoms with van der Waals surface area (Å²) in [6.45, 7) is 43.0. The molecule has 0 heteroatoms. The van der Waals surface area contributed by atoms with Gasteiger partial charge in [-0.2, -0.15) is 0 Å². The maximum Gasteiger partial charge on any atom is -0.0321 e. The van der Waals surface area contributed by atoms with Crippen molar-refractivity contribution in [3.63, 3.8) is 0 Å². The summed E-state index contributed by atoms with van der Waals surface area (Å²) < 4.78 is 0. The van der Waals surface area contributed by atoms with Crippen LogP contribution in [-0.2, 0) is 0 Å². The molecule has 6 rings (SSSR count). The van der Waals surface area contributed by atoms with Crippen molar-refractivity contribution >= 4 is 0 Å². The molecule has 6 fully saturated rings. The van der Waals surface area contributed by atoms with E-state index in [0.29, 0.717) is 10.8 Å². The number of hydrogen-bond donors (Lipinski definition) is 0. The summed E-state index contributed by atoms with van der Waals surface area (Å²) in [5.74, 6) is 14.0. The van der Waals surface area contributed by atoms with Gasteiger partial charge in [0.25, 0.3) is 0 Å². The first kappa shape index (κ1) is 59.0. The third kappa shape index (κ3) is 24.4. The smallest absolute Gasteiger partial charge is 0.0321 e. The molecule has 0 nitrogen and oxygen atoms in total. The van der Waals surface area contributed by atoms with Crippen molar-refractivity contribution in [2.24, 2.45) is 93.7 Å². The first-order chi connectivity index (χ1) is 28.8. The van der Waals surface area contributed by atoms with Crippen molar-refractivity contribution < 1.29 is 0 Å². The lowest BCUT2D eigenvalue weighted by atomic mass is 9.60. The highest BCUT2D eigenvalue weighted by Crippen LogP contribution is 2.50. The van der Waals surface area contributed by atoms with Crippen LogP contribution in [0.1, 0.15) is 298 Å². The van der Waals surface area contributed by atoms with Crippen LogP contribution in [0.5, 0.6) is 0 Å².